The first-order valence-corrected chi connectivity index (χ1v) is 8.65. The molecule has 136 valence electrons. The molecule has 0 aliphatic carbocycles. The standard InChI is InChI=1S/C21H23NO4/c1-20(2,3)26-19(25)22-14-13-15-9-7-8-12-17(15)21(22,18(23)24)16-10-5-4-6-11-16/h4-12H,13-14H2,1-3H3,(H,23,24)/t21-/m0/s1. The first-order chi connectivity index (χ1) is 12.3. The van der Waals surface area contributed by atoms with Gasteiger partial charge in [-0.05, 0) is 43.9 Å². The summed E-state index contributed by atoms with van der Waals surface area (Å²) in [6.07, 6.45) is -0.0460. The van der Waals surface area contributed by atoms with Gasteiger partial charge in [0.05, 0.1) is 0 Å². The van der Waals surface area contributed by atoms with E-state index in [4.69, 9.17) is 4.74 Å². The number of ether oxygens (including phenoxy) is 1. The zero-order valence-electron chi connectivity index (χ0n) is 15.2. The zero-order chi connectivity index (χ0) is 18.9. The van der Waals surface area contributed by atoms with Crippen molar-refractivity contribution in [1.82, 2.24) is 4.90 Å². The summed E-state index contributed by atoms with van der Waals surface area (Å²) in [5.74, 6) is -1.10. The van der Waals surface area contributed by atoms with Gasteiger partial charge in [-0.25, -0.2) is 9.59 Å². The molecule has 0 unspecified atom stereocenters. The van der Waals surface area contributed by atoms with Gasteiger partial charge in [0.1, 0.15) is 5.60 Å². The molecule has 5 heteroatoms. The van der Waals surface area contributed by atoms with Crippen LogP contribution in [0, 0.1) is 0 Å². The van der Waals surface area contributed by atoms with E-state index in [0.717, 1.165) is 5.56 Å². The number of carbonyl (C=O) groups excluding carboxylic acids is 1. The number of hydrogen-bond donors (Lipinski definition) is 1. The summed E-state index contributed by atoms with van der Waals surface area (Å²) in [5, 5.41) is 10.4. The number of carboxylic acid groups (broad SMARTS) is 1. The summed E-state index contributed by atoms with van der Waals surface area (Å²) in [7, 11) is 0. The van der Waals surface area contributed by atoms with E-state index >= 15 is 0 Å². The number of carboxylic acids is 1. The highest BCUT2D eigenvalue weighted by atomic mass is 16.6. The van der Waals surface area contributed by atoms with Gasteiger partial charge in [0.25, 0.3) is 0 Å². The van der Waals surface area contributed by atoms with Gasteiger partial charge in [-0.3, -0.25) is 4.90 Å². The maximum absolute atomic E-state index is 13.0. The van der Waals surface area contributed by atoms with Gasteiger partial charge >= 0.3 is 12.1 Å². The van der Waals surface area contributed by atoms with Crippen LogP contribution in [0.15, 0.2) is 54.6 Å². The second-order valence-corrected chi connectivity index (χ2v) is 7.42. The third-order valence-corrected chi connectivity index (χ3v) is 4.53. The maximum Gasteiger partial charge on any atom is 0.411 e. The molecule has 2 aromatic rings. The van der Waals surface area contributed by atoms with Crippen molar-refractivity contribution in [2.75, 3.05) is 6.54 Å². The third-order valence-electron chi connectivity index (χ3n) is 4.53. The molecule has 0 bridgehead atoms. The van der Waals surface area contributed by atoms with Crippen molar-refractivity contribution in [1.29, 1.82) is 0 Å². The van der Waals surface area contributed by atoms with Crippen molar-refractivity contribution in [2.45, 2.75) is 38.3 Å². The minimum Gasteiger partial charge on any atom is -0.479 e. The average Bonchev–Trinajstić information content (AvgIpc) is 2.59. The van der Waals surface area contributed by atoms with Gasteiger partial charge in [-0.15, -0.1) is 0 Å². The van der Waals surface area contributed by atoms with Crippen LogP contribution in [0.2, 0.25) is 0 Å². The van der Waals surface area contributed by atoms with Crippen molar-refractivity contribution in [2.24, 2.45) is 0 Å². The van der Waals surface area contributed by atoms with E-state index in [1.807, 2.05) is 18.2 Å². The Morgan fingerprint density at radius 1 is 1.04 bits per heavy atom. The Morgan fingerprint density at radius 2 is 1.65 bits per heavy atom. The Kier molecular flexibility index (Phi) is 4.48. The molecule has 1 N–H and O–H groups in total. The van der Waals surface area contributed by atoms with Crippen LogP contribution >= 0.6 is 0 Å². The van der Waals surface area contributed by atoms with Crippen LogP contribution in [0.25, 0.3) is 0 Å². The number of nitrogens with zero attached hydrogens (tertiary/aromatic N) is 1. The molecule has 3 rings (SSSR count). The lowest BCUT2D eigenvalue weighted by Gasteiger charge is -2.45. The normalized spacial score (nSPS) is 19.6. The van der Waals surface area contributed by atoms with E-state index in [9.17, 15) is 14.7 Å². The van der Waals surface area contributed by atoms with E-state index in [1.165, 1.54) is 4.90 Å². The summed E-state index contributed by atoms with van der Waals surface area (Å²) in [6.45, 7) is 5.59. The summed E-state index contributed by atoms with van der Waals surface area (Å²) >= 11 is 0. The molecule has 2 aromatic carbocycles. The predicted octanol–water partition coefficient (Wildman–Crippen LogP) is 3.81. The minimum atomic E-state index is -1.61. The Bertz CT molecular complexity index is 825. The van der Waals surface area contributed by atoms with E-state index in [2.05, 4.69) is 0 Å². The van der Waals surface area contributed by atoms with Crippen LogP contribution < -0.4 is 0 Å². The molecular weight excluding hydrogens is 330 g/mol. The van der Waals surface area contributed by atoms with Crippen molar-refractivity contribution >= 4 is 12.1 Å². The summed E-state index contributed by atoms with van der Waals surface area (Å²) in [5.41, 5.74) is -0.257. The second-order valence-electron chi connectivity index (χ2n) is 7.42. The molecule has 1 aliphatic heterocycles. The van der Waals surface area contributed by atoms with Crippen molar-refractivity contribution in [3.05, 3.63) is 71.3 Å². The lowest BCUT2D eigenvalue weighted by atomic mass is 9.76. The van der Waals surface area contributed by atoms with Gasteiger partial charge in [0, 0.05) is 6.54 Å². The topological polar surface area (TPSA) is 66.8 Å². The molecule has 0 saturated heterocycles. The van der Waals surface area contributed by atoms with E-state index in [1.54, 1.807) is 57.2 Å². The van der Waals surface area contributed by atoms with Crippen LogP contribution in [0.3, 0.4) is 0 Å². The lowest BCUT2D eigenvalue weighted by molar-refractivity contribution is -0.149. The number of benzene rings is 2. The molecule has 0 fully saturated rings. The molecule has 1 atom stereocenters. The zero-order valence-corrected chi connectivity index (χ0v) is 15.2. The molecule has 1 amide bonds. The molecule has 26 heavy (non-hydrogen) atoms. The molecule has 0 spiro atoms. The number of hydrogen-bond acceptors (Lipinski definition) is 3. The van der Waals surface area contributed by atoms with Crippen LogP contribution in [0.4, 0.5) is 4.79 Å². The molecule has 1 heterocycles. The van der Waals surface area contributed by atoms with E-state index in [-0.39, 0.29) is 6.54 Å². The van der Waals surface area contributed by atoms with Crippen LogP contribution in [-0.4, -0.2) is 34.2 Å². The number of amides is 1. The van der Waals surface area contributed by atoms with E-state index < -0.39 is 23.2 Å². The monoisotopic (exact) mass is 353 g/mol. The third kappa shape index (κ3) is 2.94. The lowest BCUT2D eigenvalue weighted by Crippen LogP contribution is -2.59. The molecule has 0 aromatic heterocycles. The van der Waals surface area contributed by atoms with Gasteiger partial charge < -0.3 is 9.84 Å². The fourth-order valence-corrected chi connectivity index (χ4v) is 3.53. The number of carbonyl (C=O) groups is 2. The molecular formula is C21H23NO4. The van der Waals surface area contributed by atoms with Crippen LogP contribution in [0.5, 0.6) is 0 Å². The number of aliphatic carboxylic acids is 1. The van der Waals surface area contributed by atoms with Crippen molar-refractivity contribution in [3.8, 4) is 0 Å². The minimum absolute atomic E-state index is 0.271. The van der Waals surface area contributed by atoms with Crippen LogP contribution in [-0.2, 0) is 21.5 Å². The maximum atomic E-state index is 13.0. The summed E-state index contributed by atoms with van der Waals surface area (Å²) in [6, 6.07) is 16.3. The Hall–Kier alpha value is -2.82. The van der Waals surface area contributed by atoms with Crippen molar-refractivity contribution in [3.63, 3.8) is 0 Å². The van der Waals surface area contributed by atoms with Gasteiger partial charge in [0.2, 0.25) is 0 Å². The fraction of sp³-hybridized carbons (Fsp3) is 0.333. The summed E-state index contributed by atoms with van der Waals surface area (Å²) < 4.78 is 5.54. The summed E-state index contributed by atoms with van der Waals surface area (Å²) in [4.78, 5) is 27.0. The molecule has 0 radical (unpaired) electrons. The Labute approximate surface area is 153 Å². The van der Waals surface area contributed by atoms with Gasteiger partial charge in [-0.2, -0.15) is 0 Å². The van der Waals surface area contributed by atoms with Crippen molar-refractivity contribution < 1.29 is 19.4 Å². The average molecular weight is 353 g/mol. The fourth-order valence-electron chi connectivity index (χ4n) is 3.53. The molecule has 0 saturated carbocycles. The highest BCUT2D eigenvalue weighted by Crippen LogP contribution is 2.42. The highest BCUT2D eigenvalue weighted by molar-refractivity contribution is 5.91. The smallest absolute Gasteiger partial charge is 0.411 e. The van der Waals surface area contributed by atoms with Gasteiger partial charge in [-0.1, -0.05) is 54.6 Å². The van der Waals surface area contributed by atoms with Gasteiger partial charge in [0.15, 0.2) is 5.54 Å². The van der Waals surface area contributed by atoms with E-state index in [0.29, 0.717) is 17.5 Å². The SMILES string of the molecule is CC(C)(C)OC(=O)N1CCc2ccccc2[C@]1(C(=O)O)c1ccccc1. The first kappa shape index (κ1) is 18.0. The molecule has 1 aliphatic rings. The Morgan fingerprint density at radius 3 is 2.27 bits per heavy atom. The van der Waals surface area contributed by atoms with Crippen LogP contribution in [0.1, 0.15) is 37.5 Å². The largest absolute Gasteiger partial charge is 0.479 e. The molecule has 5 nitrogen and oxygen atoms in total. The second kappa shape index (κ2) is 6.48. The highest BCUT2D eigenvalue weighted by Gasteiger charge is 2.53. The first-order valence-electron chi connectivity index (χ1n) is 8.65. The number of rotatable bonds is 2. The Balaban J connectivity index is 2.25. The predicted molar refractivity (Wildman–Crippen MR) is 97.9 cm³/mol. The quantitative estimate of drug-likeness (QED) is 0.891. The number of fused-ring (bicyclic) bond motifs is 1.